The minimum atomic E-state index is -1.42. The molecule has 1 saturated carbocycles. The minimum absolute atomic E-state index is 0.309. The van der Waals surface area contributed by atoms with Crippen LogP contribution in [0, 0.1) is 11.8 Å². The molecule has 3 rings (SSSR count). The lowest BCUT2D eigenvalue weighted by Gasteiger charge is -2.45. The third-order valence-corrected chi connectivity index (χ3v) is 6.12. The molecule has 0 amide bonds. The van der Waals surface area contributed by atoms with Gasteiger partial charge >= 0.3 is 29.8 Å². The van der Waals surface area contributed by atoms with Crippen molar-refractivity contribution in [1.82, 2.24) is 0 Å². The molecule has 0 N–H and O–H groups in total. The van der Waals surface area contributed by atoms with Gasteiger partial charge in [0.1, 0.15) is 18.8 Å². The summed E-state index contributed by atoms with van der Waals surface area (Å²) in [6, 6.07) is 0. The van der Waals surface area contributed by atoms with Gasteiger partial charge in [-0.25, -0.2) is 0 Å². The molecule has 38 heavy (non-hydrogen) atoms. The number of hydrogen-bond acceptors (Lipinski definition) is 13. The van der Waals surface area contributed by atoms with Crippen molar-refractivity contribution in [3.8, 4) is 0 Å². The van der Waals surface area contributed by atoms with E-state index in [4.69, 9.17) is 37.9 Å². The molecule has 2 fully saturated rings. The second-order valence-corrected chi connectivity index (χ2v) is 9.15. The molecule has 1 saturated heterocycles. The van der Waals surface area contributed by atoms with E-state index < -0.39 is 85.5 Å². The quantitative estimate of drug-likeness (QED) is 0.245. The number of rotatable bonds is 8. The van der Waals surface area contributed by atoms with E-state index in [0.29, 0.717) is 12.0 Å². The van der Waals surface area contributed by atoms with Crippen molar-refractivity contribution in [2.75, 3.05) is 6.61 Å². The van der Waals surface area contributed by atoms with Gasteiger partial charge in [0.2, 0.25) is 12.6 Å². The molecule has 0 spiro atoms. The highest BCUT2D eigenvalue weighted by Gasteiger charge is 2.55. The largest absolute Gasteiger partial charge is 0.472 e. The first kappa shape index (κ1) is 29.1. The average Bonchev–Trinajstić information content (AvgIpc) is 3.11. The van der Waals surface area contributed by atoms with Gasteiger partial charge in [-0.15, -0.1) is 0 Å². The molecule has 0 aromatic carbocycles. The summed E-state index contributed by atoms with van der Waals surface area (Å²) < 4.78 is 44.5. The zero-order valence-electron chi connectivity index (χ0n) is 21.8. The molecule has 1 aliphatic carbocycles. The monoisotopic (exact) mass is 540 g/mol. The molecule has 9 atom stereocenters. The van der Waals surface area contributed by atoms with Crippen LogP contribution in [0.1, 0.15) is 41.0 Å². The Kier molecular flexibility index (Phi) is 9.50. The van der Waals surface area contributed by atoms with Crippen LogP contribution in [0.15, 0.2) is 24.5 Å². The topological polar surface area (TPSA) is 159 Å². The highest BCUT2D eigenvalue weighted by Crippen LogP contribution is 2.45. The maximum absolute atomic E-state index is 12.0. The van der Waals surface area contributed by atoms with E-state index >= 15 is 0 Å². The van der Waals surface area contributed by atoms with Crippen LogP contribution in [-0.2, 0) is 61.9 Å². The molecule has 13 nitrogen and oxygen atoms in total. The number of fused-ring (bicyclic) bond motifs is 1. The molecule has 0 unspecified atom stereocenters. The minimum Gasteiger partial charge on any atom is -0.472 e. The summed E-state index contributed by atoms with van der Waals surface area (Å²) in [6.45, 7) is 9.55. The Hall–Kier alpha value is -3.45. The fraction of sp³-hybridized carbons (Fsp3) is 0.640. The predicted octanol–water partition coefficient (Wildman–Crippen LogP) is 1.08. The summed E-state index contributed by atoms with van der Waals surface area (Å²) in [5.41, 5.74) is 0.696. The molecule has 0 aromatic heterocycles. The Morgan fingerprint density at radius 1 is 0.816 bits per heavy atom. The number of carbonyl (C=O) groups excluding carboxylic acids is 5. The second kappa shape index (κ2) is 12.4. The highest BCUT2D eigenvalue weighted by atomic mass is 16.8. The molecule has 2 heterocycles. The van der Waals surface area contributed by atoms with E-state index in [1.54, 1.807) is 6.08 Å². The van der Waals surface area contributed by atoms with Crippen LogP contribution in [0.3, 0.4) is 0 Å². The smallest absolute Gasteiger partial charge is 0.303 e. The first-order valence-electron chi connectivity index (χ1n) is 12.0. The van der Waals surface area contributed by atoms with Crippen molar-refractivity contribution >= 4 is 29.8 Å². The van der Waals surface area contributed by atoms with Gasteiger partial charge in [-0.2, -0.15) is 0 Å². The number of carbonyl (C=O) groups is 5. The molecule has 0 aromatic rings. The normalized spacial score (nSPS) is 33.8. The van der Waals surface area contributed by atoms with Gasteiger partial charge in [-0.05, 0) is 6.08 Å². The summed E-state index contributed by atoms with van der Waals surface area (Å²) in [5, 5.41) is 0. The van der Waals surface area contributed by atoms with E-state index in [9.17, 15) is 24.0 Å². The zero-order chi connectivity index (χ0) is 28.1. The third-order valence-electron chi connectivity index (χ3n) is 6.12. The fourth-order valence-electron chi connectivity index (χ4n) is 4.83. The van der Waals surface area contributed by atoms with Gasteiger partial charge in [0.15, 0.2) is 18.3 Å². The van der Waals surface area contributed by atoms with E-state index in [2.05, 4.69) is 6.58 Å². The molecule has 0 bridgehead atoms. The Morgan fingerprint density at radius 3 is 1.97 bits per heavy atom. The number of esters is 5. The van der Waals surface area contributed by atoms with Gasteiger partial charge in [0, 0.05) is 47.0 Å². The lowest BCUT2D eigenvalue weighted by atomic mass is 9.90. The lowest BCUT2D eigenvalue weighted by molar-refractivity contribution is -0.342. The molecular weight excluding hydrogens is 508 g/mol. The molecule has 13 heteroatoms. The average molecular weight is 541 g/mol. The van der Waals surface area contributed by atoms with Gasteiger partial charge in [0.25, 0.3) is 0 Å². The summed E-state index contributed by atoms with van der Waals surface area (Å²) in [7, 11) is 0. The lowest BCUT2D eigenvalue weighted by Crippen LogP contribution is -2.63. The van der Waals surface area contributed by atoms with E-state index in [0.717, 1.165) is 20.8 Å². The number of hydrogen-bond donors (Lipinski definition) is 0. The molecule has 0 radical (unpaired) electrons. The van der Waals surface area contributed by atoms with Crippen LogP contribution >= 0.6 is 0 Å². The Labute approximate surface area is 219 Å². The van der Waals surface area contributed by atoms with Gasteiger partial charge in [-0.1, -0.05) is 12.2 Å². The summed E-state index contributed by atoms with van der Waals surface area (Å²) >= 11 is 0. The molecule has 3 aliphatic rings. The molecule has 2 aliphatic heterocycles. The first-order chi connectivity index (χ1) is 17.9. The second-order valence-electron chi connectivity index (χ2n) is 9.15. The standard InChI is InChI=1S/C25H32O13/c1-11-9-18(33-13(3)27)17-7-8-31-24(20(11)17)38-25-23(36-16(6)30)22(35-15(5)29)21(34-14(4)28)19(37-25)10-32-12(2)26/h7-8,17-25H,1,9-10H2,2-6H3/t17-,18+,19+,20+,21+,22-,23+,24-,25-/m0/s1. The molecule has 210 valence electrons. The van der Waals surface area contributed by atoms with Crippen molar-refractivity contribution in [2.45, 2.75) is 84.1 Å². The van der Waals surface area contributed by atoms with Crippen molar-refractivity contribution in [1.29, 1.82) is 0 Å². The SMILES string of the molecule is C=C1C[C@@H](OC(C)=O)[C@@H]2C=CO[C@@H](O[C@@H]3O[C@H](COC(C)=O)[C@@H](OC(C)=O)[C@H](OC(C)=O)[C@H]3OC(C)=O)[C@H]12. The third kappa shape index (κ3) is 7.10. The van der Waals surface area contributed by atoms with Crippen LogP contribution in [0.25, 0.3) is 0 Å². The Bertz CT molecular complexity index is 988. The van der Waals surface area contributed by atoms with Gasteiger partial charge in [-0.3, -0.25) is 24.0 Å². The summed E-state index contributed by atoms with van der Waals surface area (Å²) in [5.74, 6) is -4.12. The van der Waals surface area contributed by atoms with E-state index in [-0.39, 0.29) is 5.92 Å². The number of ether oxygens (including phenoxy) is 8. The fourth-order valence-corrected chi connectivity index (χ4v) is 4.83. The van der Waals surface area contributed by atoms with Crippen molar-refractivity contribution in [3.63, 3.8) is 0 Å². The van der Waals surface area contributed by atoms with E-state index in [1.165, 1.54) is 20.1 Å². The predicted molar refractivity (Wildman–Crippen MR) is 123 cm³/mol. The summed E-state index contributed by atoms with van der Waals surface area (Å²) in [4.78, 5) is 59.0. The van der Waals surface area contributed by atoms with Crippen LogP contribution in [0.5, 0.6) is 0 Å². The van der Waals surface area contributed by atoms with Crippen LogP contribution in [0.4, 0.5) is 0 Å². The van der Waals surface area contributed by atoms with E-state index in [1.807, 2.05) is 0 Å². The van der Waals surface area contributed by atoms with Crippen LogP contribution in [-0.4, -0.2) is 79.6 Å². The Morgan fingerprint density at radius 2 is 1.39 bits per heavy atom. The van der Waals surface area contributed by atoms with Crippen molar-refractivity contribution in [2.24, 2.45) is 11.8 Å². The van der Waals surface area contributed by atoms with Gasteiger partial charge < -0.3 is 37.9 Å². The van der Waals surface area contributed by atoms with Crippen molar-refractivity contribution < 1.29 is 61.9 Å². The molecular formula is C25H32O13. The van der Waals surface area contributed by atoms with Crippen molar-refractivity contribution in [3.05, 3.63) is 24.5 Å². The highest BCUT2D eigenvalue weighted by molar-refractivity contribution is 5.69. The maximum atomic E-state index is 12.0. The maximum Gasteiger partial charge on any atom is 0.303 e. The Balaban J connectivity index is 1.94. The van der Waals surface area contributed by atoms with Gasteiger partial charge in [0.05, 0.1) is 12.2 Å². The zero-order valence-corrected chi connectivity index (χ0v) is 21.8. The van der Waals surface area contributed by atoms with Crippen LogP contribution < -0.4 is 0 Å². The van der Waals surface area contributed by atoms with Crippen LogP contribution in [0.2, 0.25) is 0 Å². The summed E-state index contributed by atoms with van der Waals surface area (Å²) in [6.07, 6.45) is -4.68. The first-order valence-corrected chi connectivity index (χ1v) is 12.0.